The van der Waals surface area contributed by atoms with Gasteiger partial charge in [0.05, 0.1) is 20.2 Å². The Labute approximate surface area is 242 Å². The number of methoxy groups -OCH3 is 1. The van der Waals surface area contributed by atoms with Gasteiger partial charge in [-0.1, -0.05) is 12.1 Å². The largest absolute Gasteiger partial charge is 0.497 e. The normalized spacial score (nSPS) is 17.2. The second-order valence-electron chi connectivity index (χ2n) is 11.0. The Kier molecular flexibility index (Phi) is 8.08. The van der Waals surface area contributed by atoms with Crippen molar-refractivity contribution in [3.63, 3.8) is 0 Å². The molecule has 4 aromatic rings. The van der Waals surface area contributed by atoms with Gasteiger partial charge < -0.3 is 34.7 Å². The Morgan fingerprint density at radius 2 is 1.90 bits per heavy atom. The Bertz CT molecular complexity index is 1570. The number of amides is 1. The predicted molar refractivity (Wildman–Crippen MR) is 153 cm³/mol. The van der Waals surface area contributed by atoms with Gasteiger partial charge in [-0.05, 0) is 50.6 Å². The fourth-order valence-corrected chi connectivity index (χ4v) is 4.62. The second kappa shape index (κ2) is 11.7. The number of hydrogen-bond donors (Lipinski definition) is 2. The van der Waals surface area contributed by atoms with Crippen LogP contribution in [0.15, 0.2) is 54.7 Å². The van der Waals surface area contributed by atoms with E-state index in [-0.39, 0.29) is 29.6 Å². The maximum Gasteiger partial charge on any atom is 0.410 e. The molecule has 5 rings (SSSR count). The van der Waals surface area contributed by atoms with Gasteiger partial charge in [-0.3, -0.25) is 0 Å². The molecule has 3 heterocycles. The maximum atomic E-state index is 14.7. The zero-order valence-corrected chi connectivity index (χ0v) is 23.9. The average molecular weight is 580 g/mol. The molecule has 0 spiro atoms. The summed E-state index contributed by atoms with van der Waals surface area (Å²) in [6, 6.07) is 13.3. The van der Waals surface area contributed by atoms with E-state index in [1.807, 2.05) is 24.3 Å². The van der Waals surface area contributed by atoms with Crippen molar-refractivity contribution in [3.05, 3.63) is 66.1 Å². The highest BCUT2D eigenvalue weighted by atomic mass is 19.1. The Balaban J connectivity index is 1.46. The number of ether oxygens (including phenoxy) is 4. The lowest BCUT2D eigenvalue weighted by atomic mass is 10.1. The number of halogens is 1. The van der Waals surface area contributed by atoms with Crippen LogP contribution in [0.3, 0.4) is 0 Å². The van der Waals surface area contributed by atoms with Crippen LogP contribution in [-0.2, 0) is 11.3 Å². The molecule has 11 nitrogen and oxygen atoms in total. The molecular formula is C30H34FN5O6. The Hall–Kier alpha value is -4.58. The number of likely N-dealkylation sites (tertiary alicyclic amines) is 1. The number of aliphatic hydroxyl groups excluding tert-OH is 1. The van der Waals surface area contributed by atoms with E-state index in [0.717, 1.165) is 11.3 Å². The third-order valence-corrected chi connectivity index (χ3v) is 6.66. The molecule has 42 heavy (non-hydrogen) atoms. The third kappa shape index (κ3) is 6.49. The van der Waals surface area contributed by atoms with Crippen molar-refractivity contribution in [3.8, 4) is 23.1 Å². The summed E-state index contributed by atoms with van der Waals surface area (Å²) in [5.41, 5.74) is 6.68. The minimum Gasteiger partial charge on any atom is -0.497 e. The van der Waals surface area contributed by atoms with Crippen molar-refractivity contribution in [2.45, 2.75) is 51.5 Å². The van der Waals surface area contributed by atoms with E-state index in [1.54, 1.807) is 38.6 Å². The standard InChI is InChI=1S/C30H34FN5O6/c1-30(2,3)42-29(38)35-14-12-24(22(37)17-35)41-28-26-25(40-23-10-7-19(32)15-21(23)31)11-13-33-27(26)36(34-28)16-18-5-8-20(39-4)9-6-18/h5-11,13,15,22,24,37H,12,14,16-17,32H2,1-4H3. The van der Waals surface area contributed by atoms with Crippen LogP contribution in [-0.4, -0.2) is 68.9 Å². The van der Waals surface area contributed by atoms with Crippen LogP contribution in [0.25, 0.3) is 11.0 Å². The average Bonchev–Trinajstić information content (AvgIpc) is 3.28. The summed E-state index contributed by atoms with van der Waals surface area (Å²) in [5.74, 6) is 0.487. The van der Waals surface area contributed by atoms with Crippen molar-refractivity contribution in [1.82, 2.24) is 19.7 Å². The number of aromatic nitrogens is 3. The van der Waals surface area contributed by atoms with Crippen molar-refractivity contribution in [1.29, 1.82) is 0 Å². The molecule has 2 aromatic carbocycles. The number of rotatable bonds is 7. The number of benzene rings is 2. The number of nitrogens with two attached hydrogens (primary N) is 1. The zero-order chi connectivity index (χ0) is 30.0. The SMILES string of the molecule is COc1ccc(Cn2nc(OC3CCN(C(=O)OC(C)(C)C)CC3O)c3c(Oc4ccc(N)cc4F)ccnc32)cc1. The van der Waals surface area contributed by atoms with Crippen LogP contribution in [0.4, 0.5) is 14.9 Å². The van der Waals surface area contributed by atoms with Crippen molar-refractivity contribution in [2.24, 2.45) is 0 Å². The molecule has 2 unspecified atom stereocenters. The summed E-state index contributed by atoms with van der Waals surface area (Å²) >= 11 is 0. The highest BCUT2D eigenvalue weighted by molar-refractivity contribution is 5.88. The van der Waals surface area contributed by atoms with Crippen LogP contribution >= 0.6 is 0 Å². The number of nitrogen functional groups attached to an aromatic ring is 1. The molecule has 2 atom stereocenters. The summed E-state index contributed by atoms with van der Waals surface area (Å²) in [6.45, 7) is 6.05. The molecule has 1 amide bonds. The lowest BCUT2D eigenvalue weighted by Gasteiger charge is -2.36. The van der Waals surface area contributed by atoms with Crippen LogP contribution < -0.4 is 19.9 Å². The summed E-state index contributed by atoms with van der Waals surface area (Å²) in [7, 11) is 1.60. The fraction of sp³-hybridized carbons (Fsp3) is 0.367. The van der Waals surface area contributed by atoms with E-state index in [2.05, 4.69) is 10.1 Å². The van der Waals surface area contributed by atoms with Gasteiger partial charge in [0.25, 0.3) is 0 Å². The molecule has 0 aliphatic carbocycles. The molecule has 12 heteroatoms. The number of piperidine rings is 1. The highest BCUT2D eigenvalue weighted by Gasteiger charge is 2.35. The van der Waals surface area contributed by atoms with Crippen LogP contribution in [0.1, 0.15) is 32.8 Å². The number of anilines is 1. The first-order valence-corrected chi connectivity index (χ1v) is 13.5. The fourth-order valence-electron chi connectivity index (χ4n) is 4.62. The quantitative estimate of drug-likeness (QED) is 0.298. The van der Waals surface area contributed by atoms with Gasteiger partial charge in [-0.2, -0.15) is 0 Å². The second-order valence-corrected chi connectivity index (χ2v) is 11.0. The van der Waals surface area contributed by atoms with E-state index >= 15 is 0 Å². The van der Waals surface area contributed by atoms with E-state index in [4.69, 9.17) is 24.7 Å². The molecule has 0 bridgehead atoms. The Morgan fingerprint density at radius 3 is 2.57 bits per heavy atom. The van der Waals surface area contributed by atoms with E-state index in [0.29, 0.717) is 30.5 Å². The molecule has 1 fully saturated rings. The van der Waals surface area contributed by atoms with Gasteiger partial charge in [0, 0.05) is 37.0 Å². The summed E-state index contributed by atoms with van der Waals surface area (Å²) < 4.78 is 39.3. The summed E-state index contributed by atoms with van der Waals surface area (Å²) in [5, 5.41) is 16.0. The van der Waals surface area contributed by atoms with Crippen molar-refractivity contribution < 1.29 is 33.2 Å². The number of pyridine rings is 1. The Morgan fingerprint density at radius 1 is 1.14 bits per heavy atom. The molecule has 0 saturated carbocycles. The number of carbonyl (C=O) groups is 1. The predicted octanol–water partition coefficient (Wildman–Crippen LogP) is 4.75. The maximum absolute atomic E-state index is 14.7. The lowest BCUT2D eigenvalue weighted by molar-refractivity contribution is -0.0384. The molecule has 222 valence electrons. The monoisotopic (exact) mass is 579 g/mol. The van der Waals surface area contributed by atoms with Gasteiger partial charge in [-0.25, -0.2) is 18.9 Å². The molecule has 1 aliphatic heterocycles. The number of aliphatic hydroxyl groups is 1. The smallest absolute Gasteiger partial charge is 0.410 e. The number of carbonyl (C=O) groups excluding carboxylic acids is 1. The van der Waals surface area contributed by atoms with Crippen LogP contribution in [0.2, 0.25) is 0 Å². The number of fused-ring (bicyclic) bond motifs is 1. The number of β-amino-alcohol motifs (C(OH)–C–C–N with tert-alkyl or cyclic N) is 1. The highest BCUT2D eigenvalue weighted by Crippen LogP contribution is 2.37. The van der Waals surface area contributed by atoms with Crippen LogP contribution in [0.5, 0.6) is 23.1 Å². The first-order valence-electron chi connectivity index (χ1n) is 13.5. The molecular weight excluding hydrogens is 545 g/mol. The molecule has 0 radical (unpaired) electrons. The van der Waals surface area contributed by atoms with Crippen molar-refractivity contribution >= 4 is 22.8 Å². The topological polar surface area (TPSA) is 134 Å². The number of hydrogen-bond acceptors (Lipinski definition) is 9. The molecule has 3 N–H and O–H groups in total. The minimum absolute atomic E-state index is 0.0301. The summed E-state index contributed by atoms with van der Waals surface area (Å²) in [4.78, 5) is 18.5. The van der Waals surface area contributed by atoms with E-state index in [1.165, 1.54) is 29.3 Å². The zero-order valence-electron chi connectivity index (χ0n) is 23.9. The first kappa shape index (κ1) is 28.9. The molecule has 1 saturated heterocycles. The molecule has 1 aliphatic rings. The van der Waals surface area contributed by atoms with E-state index in [9.17, 15) is 14.3 Å². The molecule has 2 aromatic heterocycles. The minimum atomic E-state index is -1.01. The van der Waals surface area contributed by atoms with Gasteiger partial charge in [0.15, 0.2) is 17.2 Å². The van der Waals surface area contributed by atoms with Crippen molar-refractivity contribution in [2.75, 3.05) is 25.9 Å². The third-order valence-electron chi connectivity index (χ3n) is 6.66. The van der Waals surface area contributed by atoms with Crippen LogP contribution in [0, 0.1) is 5.82 Å². The van der Waals surface area contributed by atoms with Gasteiger partial charge in [0.1, 0.15) is 34.7 Å². The lowest BCUT2D eigenvalue weighted by Crippen LogP contribution is -2.52. The van der Waals surface area contributed by atoms with E-state index < -0.39 is 29.7 Å². The number of nitrogens with zero attached hydrogens (tertiary/aromatic N) is 4. The first-order chi connectivity index (χ1) is 20.0. The van der Waals surface area contributed by atoms with Gasteiger partial charge >= 0.3 is 6.09 Å². The van der Waals surface area contributed by atoms with Gasteiger partial charge in [0.2, 0.25) is 5.88 Å². The van der Waals surface area contributed by atoms with Gasteiger partial charge in [-0.15, -0.1) is 5.10 Å². The summed E-state index contributed by atoms with van der Waals surface area (Å²) in [6.07, 6.45) is -0.325.